The van der Waals surface area contributed by atoms with Crippen molar-refractivity contribution in [3.05, 3.63) is 53.1 Å². The molecule has 0 atom stereocenters. The lowest BCUT2D eigenvalue weighted by Crippen LogP contribution is -2.38. The van der Waals surface area contributed by atoms with Crippen molar-refractivity contribution < 1.29 is 21.6 Å². The number of methoxy groups -OCH3 is 1. The molecule has 0 amide bonds. The number of nitrogens with one attached hydrogen (secondary N) is 1. The average molecular weight is 453 g/mol. The van der Waals surface area contributed by atoms with Gasteiger partial charge in [0.25, 0.3) is 0 Å². The van der Waals surface area contributed by atoms with Gasteiger partial charge in [-0.05, 0) is 74.1 Å². The molecule has 9 heteroatoms. The third-order valence-electron chi connectivity index (χ3n) is 5.27. The number of rotatable bonds is 7. The maximum absolute atomic E-state index is 12.8. The zero-order valence-corrected chi connectivity index (χ0v) is 19.1. The van der Waals surface area contributed by atoms with Crippen molar-refractivity contribution in [3.63, 3.8) is 0 Å². The first-order valence-corrected chi connectivity index (χ1v) is 13.0. The summed E-state index contributed by atoms with van der Waals surface area (Å²) in [7, 11) is -5.47. The summed E-state index contributed by atoms with van der Waals surface area (Å²) in [6, 6.07) is 10.7. The molecule has 0 radical (unpaired) electrons. The molecule has 1 N–H and O–H groups in total. The smallest absolute Gasteiger partial charge is 0.240 e. The molecule has 1 fully saturated rings. The van der Waals surface area contributed by atoms with Gasteiger partial charge in [-0.3, -0.25) is 4.31 Å². The fourth-order valence-electron chi connectivity index (χ4n) is 3.59. The summed E-state index contributed by atoms with van der Waals surface area (Å²) in [5.41, 5.74) is 2.70. The molecule has 7 nitrogen and oxygen atoms in total. The van der Waals surface area contributed by atoms with Crippen LogP contribution in [0.2, 0.25) is 0 Å². The molecule has 0 aliphatic carbocycles. The van der Waals surface area contributed by atoms with Gasteiger partial charge < -0.3 is 4.74 Å². The van der Waals surface area contributed by atoms with Gasteiger partial charge in [0, 0.05) is 13.1 Å². The predicted molar refractivity (Wildman–Crippen MR) is 118 cm³/mol. The molecule has 2 aromatic carbocycles. The van der Waals surface area contributed by atoms with Gasteiger partial charge in [0.05, 0.1) is 23.4 Å². The van der Waals surface area contributed by atoms with Gasteiger partial charge in [0.15, 0.2) is 0 Å². The standard InChI is InChI=1S/C21H28N2O5S2/c1-16-15-21(17(2)14-20(16)23-12-4-5-13-29(23,24)25)30(26,27)22-11-10-18-6-8-19(28-3)9-7-18/h6-9,14-15,22H,4-5,10-13H2,1-3H3. The van der Waals surface area contributed by atoms with Crippen LogP contribution in [0, 0.1) is 13.8 Å². The molecule has 164 valence electrons. The Morgan fingerprint density at radius 3 is 2.40 bits per heavy atom. The van der Waals surface area contributed by atoms with Crippen LogP contribution in [0.25, 0.3) is 0 Å². The zero-order valence-electron chi connectivity index (χ0n) is 17.5. The molecule has 3 rings (SSSR count). The summed E-state index contributed by atoms with van der Waals surface area (Å²) in [6.45, 7) is 4.12. The summed E-state index contributed by atoms with van der Waals surface area (Å²) in [5.74, 6) is 0.875. The number of hydrogen-bond acceptors (Lipinski definition) is 5. The van der Waals surface area contributed by atoms with Crippen LogP contribution in [-0.2, 0) is 26.5 Å². The Kier molecular flexibility index (Phi) is 6.74. The normalized spacial score (nSPS) is 16.4. The van der Waals surface area contributed by atoms with Crippen LogP contribution in [0.15, 0.2) is 41.3 Å². The van der Waals surface area contributed by atoms with Crippen molar-refractivity contribution in [2.24, 2.45) is 0 Å². The van der Waals surface area contributed by atoms with Gasteiger partial charge in [-0.1, -0.05) is 12.1 Å². The molecular formula is C21H28N2O5S2. The Morgan fingerprint density at radius 1 is 1.07 bits per heavy atom. The number of hydrogen-bond donors (Lipinski definition) is 1. The minimum atomic E-state index is -3.72. The Bertz CT molecular complexity index is 1110. The van der Waals surface area contributed by atoms with E-state index in [0.29, 0.717) is 36.2 Å². The van der Waals surface area contributed by atoms with Crippen molar-refractivity contribution in [1.82, 2.24) is 4.72 Å². The van der Waals surface area contributed by atoms with Crippen LogP contribution in [0.1, 0.15) is 29.5 Å². The van der Waals surface area contributed by atoms with E-state index in [1.807, 2.05) is 24.3 Å². The van der Waals surface area contributed by atoms with Crippen LogP contribution in [-0.4, -0.2) is 42.8 Å². The number of benzene rings is 2. The molecule has 1 saturated heterocycles. The highest BCUT2D eigenvalue weighted by molar-refractivity contribution is 7.92. The summed E-state index contributed by atoms with van der Waals surface area (Å²) in [6.07, 6.45) is 2.00. The van der Waals surface area contributed by atoms with Crippen LogP contribution in [0.3, 0.4) is 0 Å². The maximum Gasteiger partial charge on any atom is 0.240 e. The number of anilines is 1. The maximum atomic E-state index is 12.8. The second kappa shape index (κ2) is 8.95. The van der Waals surface area contributed by atoms with E-state index in [4.69, 9.17) is 4.74 Å². The number of ether oxygens (including phenoxy) is 1. The highest BCUT2D eigenvalue weighted by Gasteiger charge is 2.28. The third kappa shape index (κ3) is 4.96. The van der Waals surface area contributed by atoms with Gasteiger partial charge in [0.1, 0.15) is 5.75 Å². The Morgan fingerprint density at radius 2 is 1.77 bits per heavy atom. The van der Waals surface area contributed by atoms with Gasteiger partial charge in [-0.15, -0.1) is 0 Å². The minimum absolute atomic E-state index is 0.123. The lowest BCUT2D eigenvalue weighted by atomic mass is 10.1. The highest BCUT2D eigenvalue weighted by atomic mass is 32.2. The Balaban J connectivity index is 1.76. The van der Waals surface area contributed by atoms with Crippen molar-refractivity contribution >= 4 is 25.7 Å². The molecular weight excluding hydrogens is 424 g/mol. The van der Waals surface area contributed by atoms with Crippen molar-refractivity contribution in [2.75, 3.05) is 30.3 Å². The van der Waals surface area contributed by atoms with E-state index in [-0.39, 0.29) is 17.2 Å². The van der Waals surface area contributed by atoms with Crippen LogP contribution < -0.4 is 13.8 Å². The highest BCUT2D eigenvalue weighted by Crippen LogP contribution is 2.31. The fraction of sp³-hybridized carbons (Fsp3) is 0.429. The van der Waals surface area contributed by atoms with Gasteiger partial charge >= 0.3 is 0 Å². The van der Waals surface area contributed by atoms with E-state index >= 15 is 0 Å². The first kappa shape index (κ1) is 22.6. The zero-order chi connectivity index (χ0) is 21.9. The molecule has 1 heterocycles. The predicted octanol–water partition coefficient (Wildman–Crippen LogP) is 2.76. The average Bonchev–Trinajstić information content (AvgIpc) is 2.69. The first-order valence-electron chi connectivity index (χ1n) is 9.88. The summed E-state index contributed by atoms with van der Waals surface area (Å²) < 4.78 is 59.7. The first-order chi connectivity index (χ1) is 14.1. The molecule has 0 bridgehead atoms. The van der Waals surface area contributed by atoms with E-state index in [1.165, 1.54) is 4.31 Å². The second-order valence-corrected chi connectivity index (χ2v) is 11.2. The van der Waals surface area contributed by atoms with E-state index in [0.717, 1.165) is 17.7 Å². The van der Waals surface area contributed by atoms with Gasteiger partial charge in [-0.25, -0.2) is 21.6 Å². The molecule has 0 saturated carbocycles. The molecule has 0 spiro atoms. The number of nitrogens with zero attached hydrogens (tertiary/aromatic N) is 1. The number of sulfonamides is 2. The molecule has 0 aromatic heterocycles. The lowest BCUT2D eigenvalue weighted by Gasteiger charge is -2.30. The fourth-order valence-corrected chi connectivity index (χ4v) is 6.63. The molecule has 2 aromatic rings. The minimum Gasteiger partial charge on any atom is -0.497 e. The van der Waals surface area contributed by atoms with Crippen LogP contribution >= 0.6 is 0 Å². The quantitative estimate of drug-likeness (QED) is 0.697. The molecule has 0 unspecified atom stereocenters. The second-order valence-electron chi connectivity index (χ2n) is 7.50. The summed E-state index contributed by atoms with van der Waals surface area (Å²) >= 11 is 0. The van der Waals surface area contributed by atoms with E-state index < -0.39 is 20.0 Å². The van der Waals surface area contributed by atoms with Gasteiger partial charge in [0.2, 0.25) is 20.0 Å². The summed E-state index contributed by atoms with van der Waals surface area (Å²) in [4.78, 5) is 0.174. The number of aryl methyl sites for hydroxylation is 2. The Hall–Kier alpha value is -2.10. The van der Waals surface area contributed by atoms with Crippen LogP contribution in [0.5, 0.6) is 5.75 Å². The monoisotopic (exact) mass is 452 g/mol. The SMILES string of the molecule is COc1ccc(CCNS(=O)(=O)c2cc(C)c(N3CCCCS3(=O)=O)cc2C)cc1. The molecule has 1 aliphatic rings. The van der Waals surface area contributed by atoms with Crippen molar-refractivity contribution in [2.45, 2.75) is 38.0 Å². The Labute approximate surface area is 179 Å². The van der Waals surface area contributed by atoms with Crippen molar-refractivity contribution in [3.8, 4) is 5.75 Å². The van der Waals surface area contributed by atoms with E-state index in [1.54, 1.807) is 33.1 Å². The summed E-state index contributed by atoms with van der Waals surface area (Å²) in [5, 5.41) is 0. The molecule has 30 heavy (non-hydrogen) atoms. The van der Waals surface area contributed by atoms with Crippen molar-refractivity contribution in [1.29, 1.82) is 0 Å². The van der Waals surface area contributed by atoms with Gasteiger partial charge in [-0.2, -0.15) is 0 Å². The largest absolute Gasteiger partial charge is 0.497 e. The molecule has 1 aliphatic heterocycles. The topological polar surface area (TPSA) is 92.8 Å². The van der Waals surface area contributed by atoms with E-state index in [9.17, 15) is 16.8 Å². The third-order valence-corrected chi connectivity index (χ3v) is 8.72. The van der Waals surface area contributed by atoms with E-state index in [2.05, 4.69) is 4.72 Å². The lowest BCUT2D eigenvalue weighted by molar-refractivity contribution is 0.414. The van der Waals surface area contributed by atoms with Crippen LogP contribution in [0.4, 0.5) is 5.69 Å².